The molecule has 2 rings (SSSR count). The van der Waals surface area contributed by atoms with E-state index in [9.17, 15) is 0 Å². The van der Waals surface area contributed by atoms with Gasteiger partial charge < -0.3 is 4.74 Å². The van der Waals surface area contributed by atoms with Crippen molar-refractivity contribution in [3.05, 3.63) is 22.8 Å². The average molecular weight is 210 g/mol. The maximum atomic E-state index is 5.84. The van der Waals surface area contributed by atoms with Crippen molar-refractivity contribution in [1.82, 2.24) is 0 Å². The van der Waals surface area contributed by atoms with E-state index in [4.69, 9.17) is 4.74 Å². The molecule has 1 saturated carbocycles. The third-order valence-electron chi connectivity index (χ3n) is 2.78. The van der Waals surface area contributed by atoms with Crippen LogP contribution in [0.25, 0.3) is 0 Å². The van der Waals surface area contributed by atoms with Crippen LogP contribution in [0.5, 0.6) is 0 Å². The minimum Gasteiger partial charge on any atom is -0.491 e. The zero-order chi connectivity index (χ0) is 9.97. The van der Waals surface area contributed by atoms with Crippen LogP contribution in [0.3, 0.4) is 0 Å². The van der Waals surface area contributed by atoms with Crippen LogP contribution in [0.1, 0.15) is 32.6 Å². The Morgan fingerprint density at radius 1 is 1.50 bits per heavy atom. The average Bonchev–Trinajstić information content (AvgIpc) is 3.01. The third-order valence-corrected chi connectivity index (χ3v) is 3.59. The predicted octanol–water partition coefficient (Wildman–Crippen LogP) is 3.73. The van der Waals surface area contributed by atoms with Crippen molar-refractivity contribution in [2.45, 2.75) is 38.7 Å². The minimum atomic E-state index is 0.524. The molecule has 2 heteroatoms. The normalized spacial score (nSPS) is 26.9. The summed E-state index contributed by atoms with van der Waals surface area (Å²) in [5.74, 6) is 1.81. The molecule has 0 aromatic rings. The molecule has 0 heterocycles. The first-order valence-corrected chi connectivity index (χ1v) is 6.67. The Hall–Kier alpha value is -0.370. The standard InChI is InChI=1S/C12H18OS/c1-3-9-6-11(13-10-4-5-10)8-12(7-9)14-2/h6,8-10H,3-5,7H2,1-2H3. The molecule has 78 valence electrons. The maximum Gasteiger partial charge on any atom is 0.116 e. The lowest BCUT2D eigenvalue weighted by Crippen LogP contribution is -2.05. The Balaban J connectivity index is 2.02. The summed E-state index contributed by atoms with van der Waals surface area (Å²) in [5, 5.41) is 0. The highest BCUT2D eigenvalue weighted by molar-refractivity contribution is 8.02. The first kappa shape index (κ1) is 10.2. The zero-order valence-corrected chi connectivity index (χ0v) is 9.77. The van der Waals surface area contributed by atoms with Gasteiger partial charge in [-0.1, -0.05) is 6.92 Å². The van der Waals surface area contributed by atoms with E-state index in [0.717, 1.165) is 5.76 Å². The summed E-state index contributed by atoms with van der Waals surface area (Å²) in [5.41, 5.74) is 0. The zero-order valence-electron chi connectivity index (χ0n) is 8.95. The summed E-state index contributed by atoms with van der Waals surface area (Å²) >= 11 is 1.86. The smallest absolute Gasteiger partial charge is 0.116 e. The van der Waals surface area contributed by atoms with E-state index in [-0.39, 0.29) is 0 Å². The molecule has 14 heavy (non-hydrogen) atoms. The van der Waals surface area contributed by atoms with Gasteiger partial charge in [0.2, 0.25) is 0 Å². The molecule has 0 N–H and O–H groups in total. The maximum absolute atomic E-state index is 5.84. The number of hydrogen-bond donors (Lipinski definition) is 0. The number of allylic oxidation sites excluding steroid dienone is 3. The summed E-state index contributed by atoms with van der Waals surface area (Å²) in [7, 11) is 0. The van der Waals surface area contributed by atoms with Crippen molar-refractivity contribution in [2.75, 3.05) is 6.26 Å². The quantitative estimate of drug-likeness (QED) is 0.699. The number of thioether (sulfide) groups is 1. The van der Waals surface area contributed by atoms with Gasteiger partial charge in [0.15, 0.2) is 0 Å². The number of hydrogen-bond acceptors (Lipinski definition) is 2. The van der Waals surface area contributed by atoms with Crippen molar-refractivity contribution in [1.29, 1.82) is 0 Å². The van der Waals surface area contributed by atoms with Crippen LogP contribution in [0.4, 0.5) is 0 Å². The molecule has 0 aromatic heterocycles. The second-order valence-electron chi connectivity index (χ2n) is 4.07. The molecule has 0 radical (unpaired) electrons. The fourth-order valence-corrected chi connectivity index (χ4v) is 2.29. The summed E-state index contributed by atoms with van der Waals surface area (Å²) in [4.78, 5) is 1.47. The fourth-order valence-electron chi connectivity index (χ4n) is 1.67. The highest BCUT2D eigenvalue weighted by Crippen LogP contribution is 2.34. The largest absolute Gasteiger partial charge is 0.491 e. The molecule has 1 nitrogen and oxygen atoms in total. The van der Waals surface area contributed by atoms with Gasteiger partial charge in [-0.2, -0.15) is 0 Å². The van der Waals surface area contributed by atoms with Crippen molar-refractivity contribution in [2.24, 2.45) is 5.92 Å². The van der Waals surface area contributed by atoms with Crippen molar-refractivity contribution in [3.63, 3.8) is 0 Å². The molecule has 0 saturated heterocycles. The van der Waals surface area contributed by atoms with Gasteiger partial charge in [-0.15, -0.1) is 11.8 Å². The van der Waals surface area contributed by atoms with Gasteiger partial charge in [0.05, 0.1) is 6.10 Å². The van der Waals surface area contributed by atoms with Crippen LogP contribution in [-0.2, 0) is 4.74 Å². The Kier molecular flexibility index (Phi) is 3.22. The lowest BCUT2D eigenvalue weighted by Gasteiger charge is -2.19. The van der Waals surface area contributed by atoms with Crippen LogP contribution in [-0.4, -0.2) is 12.4 Å². The fraction of sp³-hybridized carbons (Fsp3) is 0.667. The Morgan fingerprint density at radius 2 is 2.29 bits per heavy atom. The first-order chi connectivity index (χ1) is 6.81. The van der Waals surface area contributed by atoms with E-state index < -0.39 is 0 Å². The molecular formula is C12H18OS. The summed E-state index contributed by atoms with van der Waals surface area (Å²) in [6.45, 7) is 2.25. The highest BCUT2D eigenvalue weighted by atomic mass is 32.2. The molecule has 1 fully saturated rings. The van der Waals surface area contributed by atoms with Gasteiger partial charge in [0.1, 0.15) is 5.76 Å². The van der Waals surface area contributed by atoms with Gasteiger partial charge in [-0.05, 0) is 54.9 Å². The second-order valence-corrected chi connectivity index (χ2v) is 5.01. The van der Waals surface area contributed by atoms with Crippen molar-refractivity contribution >= 4 is 11.8 Å². The molecule has 2 aliphatic rings. The van der Waals surface area contributed by atoms with Crippen molar-refractivity contribution in [3.8, 4) is 0 Å². The molecular weight excluding hydrogens is 192 g/mol. The first-order valence-electron chi connectivity index (χ1n) is 5.45. The monoisotopic (exact) mass is 210 g/mol. The minimum absolute atomic E-state index is 0.524. The lowest BCUT2D eigenvalue weighted by atomic mass is 9.97. The number of rotatable bonds is 4. The molecule has 0 aromatic carbocycles. The van der Waals surface area contributed by atoms with Crippen LogP contribution < -0.4 is 0 Å². The Morgan fingerprint density at radius 3 is 2.86 bits per heavy atom. The predicted molar refractivity (Wildman–Crippen MR) is 62.2 cm³/mol. The van der Waals surface area contributed by atoms with Crippen molar-refractivity contribution < 1.29 is 4.74 Å². The van der Waals surface area contributed by atoms with E-state index in [1.807, 2.05) is 11.8 Å². The molecule has 1 atom stereocenters. The summed E-state index contributed by atoms with van der Waals surface area (Å²) in [6, 6.07) is 0. The van der Waals surface area contributed by atoms with Crippen LogP contribution in [0.15, 0.2) is 22.8 Å². The Labute approximate surface area is 90.6 Å². The summed E-state index contributed by atoms with van der Waals surface area (Å²) in [6.07, 6.45) is 12.1. The van der Waals surface area contributed by atoms with Gasteiger partial charge in [0.25, 0.3) is 0 Å². The third kappa shape index (κ3) is 2.57. The molecule has 0 amide bonds. The topological polar surface area (TPSA) is 9.23 Å². The molecule has 0 spiro atoms. The highest BCUT2D eigenvalue weighted by Gasteiger charge is 2.25. The summed E-state index contributed by atoms with van der Waals surface area (Å²) < 4.78 is 5.84. The van der Waals surface area contributed by atoms with Gasteiger partial charge in [0, 0.05) is 0 Å². The van der Waals surface area contributed by atoms with E-state index in [2.05, 4.69) is 25.3 Å². The Bertz CT molecular complexity index is 263. The van der Waals surface area contributed by atoms with E-state index >= 15 is 0 Å². The molecule has 1 unspecified atom stereocenters. The van der Waals surface area contributed by atoms with Gasteiger partial charge >= 0.3 is 0 Å². The van der Waals surface area contributed by atoms with Crippen LogP contribution in [0.2, 0.25) is 0 Å². The van der Waals surface area contributed by atoms with E-state index in [1.54, 1.807) is 0 Å². The van der Waals surface area contributed by atoms with E-state index in [0.29, 0.717) is 12.0 Å². The van der Waals surface area contributed by atoms with Gasteiger partial charge in [-0.25, -0.2) is 0 Å². The lowest BCUT2D eigenvalue weighted by molar-refractivity contribution is 0.204. The van der Waals surface area contributed by atoms with Gasteiger partial charge in [-0.3, -0.25) is 0 Å². The van der Waals surface area contributed by atoms with E-state index in [1.165, 1.54) is 30.6 Å². The van der Waals surface area contributed by atoms with Crippen LogP contribution in [0, 0.1) is 5.92 Å². The molecule has 2 aliphatic carbocycles. The second kappa shape index (κ2) is 4.43. The molecule has 0 bridgehead atoms. The SMILES string of the molecule is CCC1C=C(OC2CC2)C=C(SC)C1. The van der Waals surface area contributed by atoms with Crippen LogP contribution >= 0.6 is 11.8 Å². The molecule has 0 aliphatic heterocycles. The number of ether oxygens (including phenoxy) is 1.